The molecule has 1 unspecified atom stereocenters. The summed E-state index contributed by atoms with van der Waals surface area (Å²) in [7, 11) is 0. The molecule has 1 aliphatic heterocycles. The highest BCUT2D eigenvalue weighted by Crippen LogP contribution is 2.37. The van der Waals surface area contributed by atoms with Gasteiger partial charge in [0.15, 0.2) is 5.13 Å². The molecule has 1 aliphatic rings. The van der Waals surface area contributed by atoms with Crippen molar-refractivity contribution in [3.8, 4) is 0 Å². The van der Waals surface area contributed by atoms with Crippen molar-refractivity contribution in [2.45, 2.75) is 38.4 Å². The number of nitrogens with zero attached hydrogens (tertiary/aromatic N) is 4. The lowest BCUT2D eigenvalue weighted by Crippen LogP contribution is -2.23. The van der Waals surface area contributed by atoms with E-state index in [1.165, 1.54) is 23.6 Å². The van der Waals surface area contributed by atoms with Crippen molar-refractivity contribution in [3.63, 3.8) is 0 Å². The number of halogens is 1. The van der Waals surface area contributed by atoms with E-state index in [0.29, 0.717) is 17.4 Å². The molecule has 180 valence electrons. The first kappa shape index (κ1) is 23.2. The summed E-state index contributed by atoms with van der Waals surface area (Å²) in [5, 5.41) is 5.51. The zero-order valence-corrected chi connectivity index (χ0v) is 20.2. The van der Waals surface area contributed by atoms with E-state index in [1.54, 1.807) is 29.0 Å². The van der Waals surface area contributed by atoms with Crippen molar-refractivity contribution in [3.05, 3.63) is 94.8 Å². The molecular weight excluding hydrogens is 463 g/mol. The molecule has 1 aromatic carbocycles. The van der Waals surface area contributed by atoms with Gasteiger partial charge in [0.2, 0.25) is 5.95 Å². The van der Waals surface area contributed by atoms with Gasteiger partial charge in [-0.1, -0.05) is 12.1 Å². The van der Waals surface area contributed by atoms with Crippen molar-refractivity contribution in [2.24, 2.45) is 5.73 Å². The summed E-state index contributed by atoms with van der Waals surface area (Å²) in [6.45, 7) is 3.32. The Hall–Kier alpha value is -3.56. The Morgan fingerprint density at radius 3 is 2.89 bits per heavy atom. The minimum atomic E-state index is -0.540. The number of thiazole rings is 1. The normalized spacial score (nSPS) is 16.4. The Bertz CT molecular complexity index is 1320. The fourth-order valence-electron chi connectivity index (χ4n) is 4.51. The quantitative estimate of drug-likeness (QED) is 0.350. The van der Waals surface area contributed by atoms with Crippen LogP contribution in [0.2, 0.25) is 0 Å². The summed E-state index contributed by atoms with van der Waals surface area (Å²) < 4.78 is 15.2. The van der Waals surface area contributed by atoms with Gasteiger partial charge in [-0.2, -0.15) is 4.39 Å². The van der Waals surface area contributed by atoms with E-state index in [4.69, 9.17) is 10.7 Å². The fraction of sp³-hybridized carbons (Fsp3) is 0.269. The Kier molecular flexibility index (Phi) is 6.61. The number of nitrogens with one attached hydrogen (secondary N) is 1. The Balaban J connectivity index is 1.28. The summed E-state index contributed by atoms with van der Waals surface area (Å²) in [5.74, 6) is -0.790. The topological polar surface area (TPSA) is 89.1 Å². The smallest absolute Gasteiger partial charge is 0.274 e. The molecule has 3 N–H and O–H groups in total. The van der Waals surface area contributed by atoms with E-state index in [-0.39, 0.29) is 18.0 Å². The molecule has 0 radical (unpaired) electrons. The number of amides is 1. The number of nitrogens with two attached hydrogens (primary N) is 1. The molecule has 0 spiro atoms. The van der Waals surface area contributed by atoms with Gasteiger partial charge in [-0.15, -0.1) is 11.3 Å². The maximum Gasteiger partial charge on any atom is 0.274 e. The van der Waals surface area contributed by atoms with Gasteiger partial charge in [0.05, 0.1) is 11.7 Å². The lowest BCUT2D eigenvalue weighted by Gasteiger charge is -2.26. The first-order valence-electron chi connectivity index (χ1n) is 11.6. The van der Waals surface area contributed by atoms with Crippen LogP contribution in [0.4, 0.5) is 15.2 Å². The van der Waals surface area contributed by atoms with Crippen LogP contribution in [0.3, 0.4) is 0 Å². The summed E-state index contributed by atoms with van der Waals surface area (Å²) in [4.78, 5) is 23.7. The standard InChI is InChI=1S/C26H27FN6OS/c1-17(28)19-6-8-20(9-7-19)33-13-3-4-22(33)21-16-35-26(30-21)31-25(34)23-5-2-12-32(23)15-18-10-11-29-24(27)14-18/h2,5-12,14,16-17,22H,3-4,13,15,28H2,1H3,(H,30,31,34)/t17?,22-/m1/s1. The van der Waals surface area contributed by atoms with Gasteiger partial charge in [0, 0.05) is 42.6 Å². The average molecular weight is 491 g/mol. The third kappa shape index (κ3) is 5.11. The van der Waals surface area contributed by atoms with E-state index < -0.39 is 5.95 Å². The van der Waals surface area contributed by atoms with Gasteiger partial charge in [-0.3, -0.25) is 10.1 Å². The SMILES string of the molecule is CC(N)c1ccc(N2CCC[C@@H]2c2csc(NC(=O)c3cccn3Cc3ccnc(F)c3)n2)cc1. The van der Waals surface area contributed by atoms with Crippen LogP contribution in [0, 0.1) is 5.95 Å². The van der Waals surface area contributed by atoms with Crippen LogP contribution in [-0.4, -0.2) is 27.0 Å². The van der Waals surface area contributed by atoms with Gasteiger partial charge in [0.1, 0.15) is 5.69 Å². The van der Waals surface area contributed by atoms with E-state index >= 15 is 0 Å². The lowest BCUT2D eigenvalue weighted by molar-refractivity contribution is 0.101. The number of rotatable bonds is 7. The predicted octanol–water partition coefficient (Wildman–Crippen LogP) is 5.14. The highest BCUT2D eigenvalue weighted by Gasteiger charge is 2.28. The summed E-state index contributed by atoms with van der Waals surface area (Å²) in [6, 6.07) is 15.2. The van der Waals surface area contributed by atoms with E-state index in [9.17, 15) is 9.18 Å². The van der Waals surface area contributed by atoms with Crippen LogP contribution in [0.25, 0.3) is 0 Å². The number of aromatic nitrogens is 3. The number of anilines is 2. The highest BCUT2D eigenvalue weighted by molar-refractivity contribution is 7.14. The number of carbonyl (C=O) groups excluding carboxylic acids is 1. The molecule has 3 aromatic heterocycles. The first-order chi connectivity index (χ1) is 17.0. The minimum absolute atomic E-state index is 0.00936. The number of hydrogen-bond donors (Lipinski definition) is 2. The van der Waals surface area contributed by atoms with E-state index in [2.05, 4.69) is 39.5 Å². The molecule has 4 aromatic rings. The Labute approximate surface area is 207 Å². The number of benzene rings is 1. The molecule has 4 heterocycles. The zero-order valence-electron chi connectivity index (χ0n) is 19.4. The summed E-state index contributed by atoms with van der Waals surface area (Å²) in [6.07, 6.45) is 5.32. The maximum atomic E-state index is 13.4. The van der Waals surface area contributed by atoms with Gasteiger partial charge in [0.25, 0.3) is 5.91 Å². The second kappa shape index (κ2) is 9.97. The maximum absolute atomic E-state index is 13.4. The predicted molar refractivity (Wildman–Crippen MR) is 136 cm³/mol. The van der Waals surface area contributed by atoms with Crippen LogP contribution in [0.5, 0.6) is 0 Å². The molecule has 35 heavy (non-hydrogen) atoms. The molecule has 2 atom stereocenters. The van der Waals surface area contributed by atoms with Crippen LogP contribution in [0.1, 0.15) is 59.2 Å². The van der Waals surface area contributed by atoms with Crippen LogP contribution >= 0.6 is 11.3 Å². The van der Waals surface area contributed by atoms with Gasteiger partial charge in [-0.05, 0) is 67.3 Å². The molecule has 5 rings (SSSR count). The van der Waals surface area contributed by atoms with Crippen LogP contribution < -0.4 is 16.0 Å². The van der Waals surface area contributed by atoms with Gasteiger partial charge >= 0.3 is 0 Å². The first-order valence-corrected chi connectivity index (χ1v) is 12.5. The largest absolute Gasteiger partial charge is 0.363 e. The lowest BCUT2D eigenvalue weighted by atomic mass is 10.1. The van der Waals surface area contributed by atoms with Crippen molar-refractivity contribution in [2.75, 3.05) is 16.8 Å². The second-order valence-electron chi connectivity index (χ2n) is 8.77. The molecule has 0 bridgehead atoms. The third-order valence-electron chi connectivity index (χ3n) is 6.29. The van der Waals surface area contributed by atoms with Crippen LogP contribution in [-0.2, 0) is 6.54 Å². The van der Waals surface area contributed by atoms with Crippen molar-refractivity contribution in [1.82, 2.24) is 14.5 Å². The molecular formula is C26H27FN6OS. The van der Waals surface area contributed by atoms with E-state index in [1.807, 2.05) is 12.3 Å². The van der Waals surface area contributed by atoms with Gasteiger partial charge in [-0.25, -0.2) is 9.97 Å². The molecule has 0 aliphatic carbocycles. The zero-order chi connectivity index (χ0) is 24.4. The summed E-state index contributed by atoms with van der Waals surface area (Å²) in [5.41, 5.74) is 10.4. The number of pyridine rings is 1. The fourth-order valence-corrected chi connectivity index (χ4v) is 5.26. The molecule has 1 amide bonds. The Morgan fingerprint density at radius 1 is 1.29 bits per heavy atom. The highest BCUT2D eigenvalue weighted by atomic mass is 32.1. The minimum Gasteiger partial charge on any atom is -0.363 e. The van der Waals surface area contributed by atoms with Crippen molar-refractivity contribution < 1.29 is 9.18 Å². The monoisotopic (exact) mass is 490 g/mol. The number of carbonyl (C=O) groups is 1. The number of hydrogen-bond acceptors (Lipinski definition) is 6. The van der Waals surface area contributed by atoms with Crippen LogP contribution in [0.15, 0.2) is 66.3 Å². The molecule has 1 fully saturated rings. The molecule has 7 nitrogen and oxygen atoms in total. The van der Waals surface area contributed by atoms with E-state index in [0.717, 1.165) is 41.9 Å². The van der Waals surface area contributed by atoms with Gasteiger partial charge < -0.3 is 15.2 Å². The molecule has 0 saturated carbocycles. The molecule has 9 heteroatoms. The summed E-state index contributed by atoms with van der Waals surface area (Å²) >= 11 is 1.42. The van der Waals surface area contributed by atoms with Crippen molar-refractivity contribution in [1.29, 1.82) is 0 Å². The Morgan fingerprint density at radius 2 is 2.11 bits per heavy atom. The average Bonchev–Trinajstić information content (AvgIpc) is 3.60. The second-order valence-corrected chi connectivity index (χ2v) is 9.63. The van der Waals surface area contributed by atoms with Crippen molar-refractivity contribution >= 4 is 28.1 Å². The third-order valence-corrected chi connectivity index (χ3v) is 7.07. The molecule has 1 saturated heterocycles.